The van der Waals surface area contributed by atoms with Crippen LogP contribution in [0.4, 0.5) is 0 Å². The largest absolute Gasteiger partial charge is 0.313 e. The first-order valence-corrected chi connectivity index (χ1v) is 7.26. The van der Waals surface area contributed by atoms with E-state index >= 15 is 0 Å². The minimum absolute atomic E-state index is 0.322. The number of rotatable bonds is 1. The molecule has 5 unspecified atom stereocenters. The summed E-state index contributed by atoms with van der Waals surface area (Å²) in [6.07, 6.45) is 5.28. The number of fused-ring (bicyclic) bond motifs is 1. The van der Waals surface area contributed by atoms with Crippen LogP contribution in [0, 0.1) is 41.1 Å². The van der Waals surface area contributed by atoms with Crippen molar-refractivity contribution in [1.29, 1.82) is 0 Å². The molecule has 0 heterocycles. The molecule has 0 amide bonds. The Morgan fingerprint density at radius 2 is 1.88 bits per heavy atom. The molecule has 0 aliphatic heterocycles. The third-order valence-electron chi connectivity index (χ3n) is 6.47. The minimum atomic E-state index is 0.322. The second kappa shape index (κ2) is 3.28. The van der Waals surface area contributed by atoms with Crippen LogP contribution in [0.25, 0.3) is 4.85 Å². The first kappa shape index (κ1) is 11.6. The molecule has 4 aliphatic carbocycles. The van der Waals surface area contributed by atoms with E-state index in [2.05, 4.69) is 32.5 Å². The smallest absolute Gasteiger partial charge is 0.229 e. The summed E-state index contributed by atoms with van der Waals surface area (Å²) in [6, 6.07) is 0.322. The van der Waals surface area contributed by atoms with Crippen molar-refractivity contribution in [3.8, 4) is 0 Å². The Balaban J connectivity index is 1.98. The van der Waals surface area contributed by atoms with Gasteiger partial charge >= 0.3 is 0 Å². The molecule has 17 heavy (non-hydrogen) atoms. The van der Waals surface area contributed by atoms with E-state index in [1.165, 1.54) is 25.7 Å². The Kier molecular flexibility index (Phi) is 2.23. The van der Waals surface area contributed by atoms with Gasteiger partial charge in [0.1, 0.15) is 0 Å². The van der Waals surface area contributed by atoms with E-state index in [0.29, 0.717) is 16.9 Å². The van der Waals surface area contributed by atoms with Crippen LogP contribution in [0.3, 0.4) is 0 Å². The van der Waals surface area contributed by atoms with Gasteiger partial charge in [-0.2, -0.15) is 0 Å². The molecular weight excluding hydrogens is 206 g/mol. The quantitative estimate of drug-likeness (QED) is 0.589. The lowest BCUT2D eigenvalue weighted by Gasteiger charge is -2.54. The fraction of sp³-hybridized carbons (Fsp3) is 0.938. The van der Waals surface area contributed by atoms with Gasteiger partial charge in [0.05, 0.1) is 0 Å². The molecule has 4 saturated carbocycles. The molecule has 4 aliphatic rings. The Hall–Kier alpha value is -0.510. The summed E-state index contributed by atoms with van der Waals surface area (Å²) in [6.45, 7) is 17.2. The summed E-state index contributed by atoms with van der Waals surface area (Å²) in [7, 11) is 0. The molecule has 0 aromatic carbocycles. The van der Waals surface area contributed by atoms with Crippen molar-refractivity contribution < 1.29 is 0 Å². The fourth-order valence-electron chi connectivity index (χ4n) is 5.86. The van der Waals surface area contributed by atoms with E-state index in [4.69, 9.17) is 6.57 Å². The maximum Gasteiger partial charge on any atom is 0.229 e. The van der Waals surface area contributed by atoms with E-state index in [1.54, 1.807) is 0 Å². The first-order chi connectivity index (χ1) is 7.89. The number of hydrogen-bond acceptors (Lipinski definition) is 0. The summed E-state index contributed by atoms with van der Waals surface area (Å²) in [4.78, 5) is 3.95. The van der Waals surface area contributed by atoms with Gasteiger partial charge in [0, 0.05) is 11.8 Å². The predicted molar refractivity (Wildman–Crippen MR) is 70.4 cm³/mol. The minimum Gasteiger partial charge on any atom is -0.313 e. The van der Waals surface area contributed by atoms with Gasteiger partial charge in [-0.15, -0.1) is 0 Å². The molecule has 0 spiro atoms. The molecular formula is C16H25N. The van der Waals surface area contributed by atoms with Crippen LogP contribution in [0.15, 0.2) is 0 Å². The summed E-state index contributed by atoms with van der Waals surface area (Å²) in [5.41, 5.74) is 0.896. The SMILES string of the molecule is [C-]#[N+]C1CC2C3CC1(C)CC2(C)C[C@@H]3C(C)C. The van der Waals surface area contributed by atoms with Crippen LogP contribution >= 0.6 is 0 Å². The van der Waals surface area contributed by atoms with Crippen LogP contribution in [-0.4, -0.2) is 6.04 Å². The Morgan fingerprint density at radius 3 is 2.41 bits per heavy atom. The van der Waals surface area contributed by atoms with Crippen molar-refractivity contribution in [2.45, 2.75) is 59.4 Å². The fourth-order valence-corrected chi connectivity index (χ4v) is 5.86. The van der Waals surface area contributed by atoms with E-state index in [-0.39, 0.29) is 0 Å². The van der Waals surface area contributed by atoms with Crippen molar-refractivity contribution in [2.24, 2.45) is 34.5 Å². The summed E-state index contributed by atoms with van der Waals surface area (Å²) >= 11 is 0. The second-order valence-corrected chi connectivity index (χ2v) is 7.95. The van der Waals surface area contributed by atoms with Gasteiger partial charge in [0.2, 0.25) is 6.04 Å². The lowest BCUT2D eigenvalue weighted by molar-refractivity contribution is -0.0497. The van der Waals surface area contributed by atoms with Gasteiger partial charge in [0.25, 0.3) is 0 Å². The molecule has 0 radical (unpaired) electrons. The zero-order chi connectivity index (χ0) is 12.4. The van der Waals surface area contributed by atoms with E-state index in [9.17, 15) is 0 Å². The van der Waals surface area contributed by atoms with Crippen molar-refractivity contribution in [3.63, 3.8) is 0 Å². The maximum absolute atomic E-state index is 7.45. The Labute approximate surface area is 106 Å². The number of hydrogen-bond donors (Lipinski definition) is 0. The van der Waals surface area contributed by atoms with Gasteiger partial charge in [-0.1, -0.05) is 27.7 Å². The predicted octanol–water partition coefficient (Wildman–Crippen LogP) is 4.39. The molecule has 0 saturated heterocycles. The third kappa shape index (κ3) is 1.36. The highest BCUT2D eigenvalue weighted by Crippen LogP contribution is 2.70. The molecule has 1 heteroatoms. The van der Waals surface area contributed by atoms with E-state index < -0.39 is 0 Å². The third-order valence-corrected chi connectivity index (χ3v) is 6.47. The van der Waals surface area contributed by atoms with Gasteiger partial charge in [-0.05, 0) is 48.3 Å². The second-order valence-electron chi connectivity index (χ2n) is 7.95. The molecule has 0 N–H and O–H groups in total. The molecule has 4 bridgehead atoms. The summed E-state index contributed by atoms with van der Waals surface area (Å²) < 4.78 is 0. The Bertz CT molecular complexity index is 379. The monoisotopic (exact) mass is 231 g/mol. The maximum atomic E-state index is 7.45. The molecule has 0 aromatic heterocycles. The zero-order valence-corrected chi connectivity index (χ0v) is 11.7. The first-order valence-electron chi connectivity index (χ1n) is 7.26. The molecule has 0 aromatic rings. The lowest BCUT2D eigenvalue weighted by atomic mass is 9.49. The van der Waals surface area contributed by atoms with Gasteiger partial charge in [-0.3, -0.25) is 0 Å². The topological polar surface area (TPSA) is 4.36 Å². The Morgan fingerprint density at radius 1 is 1.18 bits per heavy atom. The van der Waals surface area contributed by atoms with E-state index in [1.807, 2.05) is 0 Å². The summed E-state index contributed by atoms with van der Waals surface area (Å²) in [5, 5.41) is 0. The van der Waals surface area contributed by atoms with Gasteiger partial charge in [-0.25, -0.2) is 6.57 Å². The van der Waals surface area contributed by atoms with Crippen LogP contribution in [0.2, 0.25) is 0 Å². The van der Waals surface area contributed by atoms with E-state index in [0.717, 1.165) is 23.7 Å². The normalized spacial score (nSPS) is 56.2. The van der Waals surface area contributed by atoms with Crippen LogP contribution in [0.1, 0.15) is 53.4 Å². The molecule has 4 rings (SSSR count). The average molecular weight is 231 g/mol. The average Bonchev–Trinajstić information content (AvgIpc) is 2.43. The zero-order valence-electron chi connectivity index (χ0n) is 11.7. The van der Waals surface area contributed by atoms with Crippen LogP contribution in [-0.2, 0) is 0 Å². The highest BCUT2D eigenvalue weighted by molar-refractivity contribution is 5.17. The standard InChI is InChI=1S/C16H25N/c1-10(2)11-7-15(3)9-16(4)8-12(11)13(15)6-14(16)17-5/h10-14H,6-9H2,1-4H3/t11-,12?,13?,14?,15?,16?/m1/s1. The van der Waals surface area contributed by atoms with Crippen LogP contribution < -0.4 is 0 Å². The van der Waals surface area contributed by atoms with Crippen molar-refractivity contribution >= 4 is 0 Å². The summed E-state index contributed by atoms with van der Waals surface area (Å²) in [5.74, 6) is 3.54. The lowest BCUT2D eigenvalue weighted by Crippen LogP contribution is -2.52. The van der Waals surface area contributed by atoms with Crippen molar-refractivity contribution in [2.75, 3.05) is 0 Å². The highest BCUT2D eigenvalue weighted by Gasteiger charge is 2.66. The highest BCUT2D eigenvalue weighted by atomic mass is 14.8. The van der Waals surface area contributed by atoms with Crippen LogP contribution in [0.5, 0.6) is 0 Å². The molecule has 1 nitrogen and oxygen atoms in total. The molecule has 94 valence electrons. The van der Waals surface area contributed by atoms with Crippen molar-refractivity contribution in [3.05, 3.63) is 11.4 Å². The van der Waals surface area contributed by atoms with Gasteiger partial charge < -0.3 is 4.85 Å². The number of nitrogens with zero attached hydrogens (tertiary/aromatic N) is 1. The molecule has 4 fully saturated rings. The van der Waals surface area contributed by atoms with Crippen molar-refractivity contribution in [1.82, 2.24) is 0 Å². The van der Waals surface area contributed by atoms with Gasteiger partial charge in [0.15, 0.2) is 0 Å². The molecule has 6 atom stereocenters.